The molecule has 0 radical (unpaired) electrons. The molecule has 1 heterocycles. The lowest BCUT2D eigenvalue weighted by atomic mass is 10.0. The lowest BCUT2D eigenvalue weighted by molar-refractivity contribution is 0.218. The van der Waals surface area contributed by atoms with Crippen LogP contribution >= 0.6 is 0 Å². The fraction of sp³-hybridized carbons (Fsp3) is 0.667. The third kappa shape index (κ3) is 3.30. The maximum atomic E-state index is 12.0. The average molecular weight is 239 g/mol. The van der Waals surface area contributed by atoms with E-state index < -0.39 is 5.54 Å². The van der Waals surface area contributed by atoms with E-state index in [0.29, 0.717) is 18.8 Å². The minimum atomic E-state index is -0.502. The predicted octanol–water partition coefficient (Wildman–Crippen LogP) is 1.23. The van der Waals surface area contributed by atoms with Gasteiger partial charge in [-0.1, -0.05) is 13.8 Å². The predicted molar refractivity (Wildman–Crippen MR) is 68.2 cm³/mol. The summed E-state index contributed by atoms with van der Waals surface area (Å²) < 4.78 is 1.63. The molecule has 0 saturated heterocycles. The van der Waals surface area contributed by atoms with Crippen molar-refractivity contribution in [3.63, 3.8) is 0 Å². The summed E-state index contributed by atoms with van der Waals surface area (Å²) in [6.45, 7) is 6.48. The highest BCUT2D eigenvalue weighted by Crippen LogP contribution is 2.13. The van der Waals surface area contributed by atoms with Gasteiger partial charge in [0, 0.05) is 18.9 Å². The number of nitrogens with one attached hydrogen (secondary N) is 1. The summed E-state index contributed by atoms with van der Waals surface area (Å²) in [5, 5.41) is 12.3. The Bertz CT molecular complexity index is 410. The van der Waals surface area contributed by atoms with E-state index in [9.17, 15) is 9.90 Å². The maximum Gasteiger partial charge on any atom is 0.293 e. The van der Waals surface area contributed by atoms with Crippen molar-refractivity contribution in [2.45, 2.75) is 45.7 Å². The van der Waals surface area contributed by atoms with Gasteiger partial charge in [-0.25, -0.2) is 4.98 Å². The summed E-state index contributed by atoms with van der Waals surface area (Å²) >= 11 is 0. The molecule has 1 atom stereocenters. The zero-order valence-corrected chi connectivity index (χ0v) is 10.7. The van der Waals surface area contributed by atoms with E-state index in [1.54, 1.807) is 17.0 Å². The van der Waals surface area contributed by atoms with Crippen LogP contribution in [0.25, 0.3) is 0 Å². The van der Waals surface area contributed by atoms with Crippen LogP contribution in [0.3, 0.4) is 0 Å². The van der Waals surface area contributed by atoms with Gasteiger partial charge in [0.1, 0.15) is 0 Å². The SMILES string of the molecule is CCCn1ccnc(NC(C)(CC)CO)c1=O. The van der Waals surface area contributed by atoms with Crippen LogP contribution in [0, 0.1) is 0 Å². The Morgan fingerprint density at radius 2 is 2.24 bits per heavy atom. The van der Waals surface area contributed by atoms with Crippen molar-refractivity contribution < 1.29 is 5.11 Å². The van der Waals surface area contributed by atoms with E-state index in [1.165, 1.54) is 0 Å². The summed E-state index contributed by atoms with van der Waals surface area (Å²) in [5.74, 6) is 0.305. The van der Waals surface area contributed by atoms with Crippen molar-refractivity contribution in [1.82, 2.24) is 9.55 Å². The lowest BCUT2D eigenvalue weighted by Gasteiger charge is -2.27. The van der Waals surface area contributed by atoms with E-state index in [0.717, 1.165) is 6.42 Å². The van der Waals surface area contributed by atoms with Gasteiger partial charge in [0.25, 0.3) is 5.56 Å². The Balaban J connectivity index is 2.99. The van der Waals surface area contributed by atoms with E-state index in [-0.39, 0.29) is 12.2 Å². The molecule has 1 unspecified atom stereocenters. The van der Waals surface area contributed by atoms with E-state index in [2.05, 4.69) is 10.3 Å². The standard InChI is InChI=1S/C12H21N3O2/c1-4-7-15-8-6-13-10(11(15)17)14-12(3,5-2)9-16/h6,8,16H,4-5,7,9H2,1-3H3,(H,13,14). The van der Waals surface area contributed by atoms with Gasteiger partial charge >= 0.3 is 0 Å². The third-order valence-electron chi connectivity index (χ3n) is 2.93. The molecule has 0 aliphatic carbocycles. The van der Waals surface area contributed by atoms with Crippen molar-refractivity contribution in [2.24, 2.45) is 0 Å². The van der Waals surface area contributed by atoms with Crippen LogP contribution < -0.4 is 10.9 Å². The molecule has 2 N–H and O–H groups in total. The molecule has 0 amide bonds. The topological polar surface area (TPSA) is 67.2 Å². The van der Waals surface area contributed by atoms with Crippen LogP contribution in [0.4, 0.5) is 5.82 Å². The number of nitrogens with zero attached hydrogens (tertiary/aromatic N) is 2. The molecule has 1 rings (SSSR count). The van der Waals surface area contributed by atoms with Gasteiger partial charge in [-0.2, -0.15) is 0 Å². The first kappa shape index (κ1) is 13.7. The summed E-state index contributed by atoms with van der Waals surface area (Å²) in [5.41, 5.74) is -0.639. The van der Waals surface area contributed by atoms with Gasteiger partial charge in [0.15, 0.2) is 5.82 Å². The minimum absolute atomic E-state index is 0.0344. The highest BCUT2D eigenvalue weighted by molar-refractivity contribution is 5.34. The number of aliphatic hydroxyl groups is 1. The first-order valence-electron chi connectivity index (χ1n) is 6.00. The molecule has 1 aromatic rings. The van der Waals surface area contributed by atoms with E-state index >= 15 is 0 Å². The Morgan fingerprint density at radius 3 is 2.76 bits per heavy atom. The summed E-state index contributed by atoms with van der Waals surface area (Å²) in [7, 11) is 0. The van der Waals surface area contributed by atoms with Gasteiger partial charge in [-0.15, -0.1) is 0 Å². The van der Waals surface area contributed by atoms with Gasteiger partial charge in [0.2, 0.25) is 0 Å². The average Bonchev–Trinajstić information content (AvgIpc) is 2.34. The van der Waals surface area contributed by atoms with Crippen LogP contribution in [-0.2, 0) is 6.54 Å². The zero-order valence-electron chi connectivity index (χ0n) is 10.7. The lowest BCUT2D eigenvalue weighted by Crippen LogP contribution is -2.41. The molecule has 0 bridgehead atoms. The first-order chi connectivity index (χ1) is 8.06. The molecule has 1 aromatic heterocycles. The Hall–Kier alpha value is -1.36. The Kier molecular flexibility index (Phi) is 4.69. The third-order valence-corrected chi connectivity index (χ3v) is 2.93. The minimum Gasteiger partial charge on any atom is -0.394 e. The van der Waals surface area contributed by atoms with Crippen LogP contribution in [0.2, 0.25) is 0 Å². The second kappa shape index (κ2) is 5.82. The normalized spacial score (nSPS) is 14.4. The van der Waals surface area contributed by atoms with Crippen molar-refractivity contribution in [3.05, 3.63) is 22.7 Å². The summed E-state index contributed by atoms with van der Waals surface area (Å²) in [6, 6.07) is 0. The van der Waals surface area contributed by atoms with Crippen molar-refractivity contribution >= 4 is 5.82 Å². The van der Waals surface area contributed by atoms with Gasteiger partial charge in [-0.3, -0.25) is 4.79 Å². The molecule has 0 aromatic carbocycles. The molecule has 5 nitrogen and oxygen atoms in total. The molecular formula is C12H21N3O2. The fourth-order valence-corrected chi connectivity index (χ4v) is 1.48. The number of hydrogen-bond donors (Lipinski definition) is 2. The van der Waals surface area contributed by atoms with Crippen LogP contribution in [0.1, 0.15) is 33.6 Å². The monoisotopic (exact) mass is 239 g/mol. The van der Waals surface area contributed by atoms with E-state index in [1.807, 2.05) is 20.8 Å². The van der Waals surface area contributed by atoms with Gasteiger partial charge < -0.3 is 15.0 Å². The fourth-order valence-electron chi connectivity index (χ4n) is 1.48. The maximum absolute atomic E-state index is 12.0. The second-order valence-electron chi connectivity index (χ2n) is 4.47. The molecule has 5 heteroatoms. The van der Waals surface area contributed by atoms with Gasteiger partial charge in [0.05, 0.1) is 12.1 Å². The highest BCUT2D eigenvalue weighted by Gasteiger charge is 2.22. The van der Waals surface area contributed by atoms with Crippen molar-refractivity contribution in [1.29, 1.82) is 0 Å². The van der Waals surface area contributed by atoms with E-state index in [4.69, 9.17) is 0 Å². The molecule has 0 aliphatic rings. The smallest absolute Gasteiger partial charge is 0.293 e. The number of aryl methyl sites for hydroxylation is 1. The Labute approximate surface area is 102 Å². The van der Waals surface area contributed by atoms with Crippen molar-refractivity contribution in [3.8, 4) is 0 Å². The summed E-state index contributed by atoms with van der Waals surface area (Å²) in [4.78, 5) is 16.1. The number of hydrogen-bond acceptors (Lipinski definition) is 4. The molecule has 0 spiro atoms. The van der Waals surface area contributed by atoms with Crippen LogP contribution in [0.5, 0.6) is 0 Å². The molecule has 96 valence electrons. The number of aromatic nitrogens is 2. The number of aliphatic hydroxyl groups excluding tert-OH is 1. The van der Waals surface area contributed by atoms with Gasteiger partial charge in [-0.05, 0) is 19.8 Å². The van der Waals surface area contributed by atoms with Crippen LogP contribution in [0.15, 0.2) is 17.2 Å². The largest absolute Gasteiger partial charge is 0.394 e. The molecule has 0 fully saturated rings. The highest BCUT2D eigenvalue weighted by atomic mass is 16.3. The Morgan fingerprint density at radius 1 is 1.53 bits per heavy atom. The quantitative estimate of drug-likeness (QED) is 0.783. The number of anilines is 1. The molecule has 0 aliphatic heterocycles. The first-order valence-corrected chi connectivity index (χ1v) is 6.00. The molecule has 17 heavy (non-hydrogen) atoms. The molecular weight excluding hydrogens is 218 g/mol. The van der Waals surface area contributed by atoms with Crippen LogP contribution in [-0.4, -0.2) is 26.8 Å². The second-order valence-corrected chi connectivity index (χ2v) is 4.47. The van der Waals surface area contributed by atoms with Crippen molar-refractivity contribution in [2.75, 3.05) is 11.9 Å². The zero-order chi connectivity index (χ0) is 12.9. The molecule has 0 saturated carbocycles. The summed E-state index contributed by atoms with van der Waals surface area (Å²) in [6.07, 6.45) is 4.90. The number of rotatable bonds is 6.